The number of nitrogens with one attached hydrogen (secondary N) is 5. The van der Waals surface area contributed by atoms with Crippen molar-refractivity contribution in [3.05, 3.63) is 29.0 Å². The van der Waals surface area contributed by atoms with E-state index in [9.17, 15) is 14.0 Å². The fourth-order valence-electron chi connectivity index (χ4n) is 5.29. The van der Waals surface area contributed by atoms with Crippen LogP contribution in [-0.4, -0.2) is 54.4 Å². The molecule has 2 bridgehead atoms. The summed E-state index contributed by atoms with van der Waals surface area (Å²) in [6, 6.07) is 3.99. The number of piperidine rings is 1. The first-order valence-electron chi connectivity index (χ1n) is 10.3. The number of carbonyl (C=O) groups is 2. The minimum Gasteiger partial charge on any atom is -0.492 e. The van der Waals surface area contributed by atoms with Gasteiger partial charge in [-0.1, -0.05) is 11.6 Å². The summed E-state index contributed by atoms with van der Waals surface area (Å²) < 4.78 is 19.0. The summed E-state index contributed by atoms with van der Waals surface area (Å²) in [4.78, 5) is 24.1. The fraction of sp³-hybridized carbons (Fsp3) is 0.600. The Labute approximate surface area is 178 Å². The molecule has 0 aromatic heterocycles. The van der Waals surface area contributed by atoms with Crippen LogP contribution in [0.3, 0.4) is 0 Å². The SMILES string of the molecule is O=C1NC2CCC(C(=O)NC34CC(NCCOc5ccc(Cl)c(F)c5)(C3)C4)NC2N1. The second kappa shape index (κ2) is 7.25. The highest BCUT2D eigenvalue weighted by atomic mass is 35.5. The van der Waals surface area contributed by atoms with E-state index < -0.39 is 5.82 Å². The molecule has 3 atom stereocenters. The van der Waals surface area contributed by atoms with Crippen LogP contribution in [0.1, 0.15) is 32.1 Å². The van der Waals surface area contributed by atoms with E-state index in [1.54, 1.807) is 6.07 Å². The number of benzene rings is 1. The topological polar surface area (TPSA) is 104 Å². The number of halogens is 2. The Morgan fingerprint density at radius 1 is 1.23 bits per heavy atom. The van der Waals surface area contributed by atoms with Crippen molar-refractivity contribution in [1.82, 2.24) is 26.6 Å². The lowest BCUT2D eigenvalue weighted by Crippen LogP contribution is -2.84. The van der Waals surface area contributed by atoms with E-state index in [1.165, 1.54) is 12.1 Å². The zero-order chi connectivity index (χ0) is 20.9. The van der Waals surface area contributed by atoms with Crippen molar-refractivity contribution in [3.63, 3.8) is 0 Å². The Balaban J connectivity index is 1.02. The molecule has 2 heterocycles. The van der Waals surface area contributed by atoms with Crippen molar-refractivity contribution in [2.75, 3.05) is 13.2 Å². The number of urea groups is 1. The zero-order valence-corrected chi connectivity index (χ0v) is 17.2. The summed E-state index contributed by atoms with van der Waals surface area (Å²) >= 11 is 5.67. The summed E-state index contributed by atoms with van der Waals surface area (Å²) in [6.45, 7) is 1.07. The third-order valence-electron chi connectivity index (χ3n) is 6.65. The van der Waals surface area contributed by atoms with E-state index in [0.29, 0.717) is 25.3 Å². The standard InChI is InChI=1S/C20H25ClFN5O3/c21-12-2-1-11(7-13(12)22)30-6-5-23-19-8-20(9-19,10-19)27-17(28)15-4-3-14-16(24-15)26-18(29)25-14/h1-2,7,14-16,23-24H,3-6,8-10H2,(H,27,28)(H2,25,26,29). The van der Waals surface area contributed by atoms with Crippen LogP contribution in [0.4, 0.5) is 9.18 Å². The van der Waals surface area contributed by atoms with E-state index in [2.05, 4.69) is 26.6 Å². The molecule has 30 heavy (non-hydrogen) atoms. The monoisotopic (exact) mass is 437 g/mol. The van der Waals surface area contributed by atoms with Gasteiger partial charge in [0.25, 0.3) is 0 Å². The first-order chi connectivity index (χ1) is 14.4. The molecule has 2 aliphatic heterocycles. The van der Waals surface area contributed by atoms with Crippen LogP contribution in [0.2, 0.25) is 5.02 Å². The lowest BCUT2D eigenvalue weighted by molar-refractivity contribution is -0.144. The van der Waals surface area contributed by atoms with Gasteiger partial charge in [-0.3, -0.25) is 10.1 Å². The number of rotatable bonds is 7. The number of fused-ring (bicyclic) bond motifs is 1. The van der Waals surface area contributed by atoms with Crippen LogP contribution in [0.15, 0.2) is 18.2 Å². The Kier molecular flexibility index (Phi) is 4.79. The third kappa shape index (κ3) is 3.59. The summed E-state index contributed by atoms with van der Waals surface area (Å²) in [5.74, 6) is -0.0271. The molecular formula is C20H25ClFN5O3. The molecule has 162 valence electrons. The zero-order valence-electron chi connectivity index (χ0n) is 16.4. The first kappa shape index (κ1) is 19.8. The van der Waals surface area contributed by atoms with Crippen molar-refractivity contribution in [2.45, 2.75) is 61.4 Å². The minimum atomic E-state index is -0.492. The first-order valence-corrected chi connectivity index (χ1v) is 10.7. The van der Waals surface area contributed by atoms with Gasteiger partial charge in [0.15, 0.2) is 0 Å². The molecule has 10 heteroatoms. The van der Waals surface area contributed by atoms with Crippen molar-refractivity contribution >= 4 is 23.5 Å². The molecule has 5 N–H and O–H groups in total. The highest BCUT2D eigenvalue weighted by Crippen LogP contribution is 2.60. The molecule has 3 unspecified atom stereocenters. The van der Waals surface area contributed by atoms with Crippen LogP contribution in [-0.2, 0) is 4.79 Å². The van der Waals surface area contributed by atoms with E-state index in [-0.39, 0.29) is 46.3 Å². The van der Waals surface area contributed by atoms with Gasteiger partial charge in [-0.25, -0.2) is 9.18 Å². The number of hydrogen-bond acceptors (Lipinski definition) is 5. The van der Waals surface area contributed by atoms with Crippen LogP contribution in [0.5, 0.6) is 5.75 Å². The fourth-order valence-corrected chi connectivity index (χ4v) is 5.41. The molecule has 3 aliphatic carbocycles. The molecule has 3 saturated carbocycles. The predicted molar refractivity (Wildman–Crippen MR) is 108 cm³/mol. The maximum absolute atomic E-state index is 13.4. The van der Waals surface area contributed by atoms with Gasteiger partial charge in [-0.05, 0) is 44.2 Å². The number of amides is 3. The summed E-state index contributed by atoms with van der Waals surface area (Å²) in [7, 11) is 0. The summed E-state index contributed by atoms with van der Waals surface area (Å²) in [5.41, 5.74) is -0.0454. The summed E-state index contributed by atoms with van der Waals surface area (Å²) in [6.07, 6.45) is 4.01. The maximum atomic E-state index is 13.4. The third-order valence-corrected chi connectivity index (χ3v) is 6.96. The van der Waals surface area contributed by atoms with Crippen LogP contribution >= 0.6 is 11.6 Å². The Bertz CT molecular complexity index is 864. The Hall–Kier alpha value is -2.10. The van der Waals surface area contributed by atoms with Gasteiger partial charge in [0.05, 0.1) is 17.1 Å². The Morgan fingerprint density at radius 2 is 2.03 bits per heavy atom. The lowest BCUT2D eigenvalue weighted by Gasteiger charge is -2.71. The normalized spacial score (nSPS) is 35.9. The van der Waals surface area contributed by atoms with Gasteiger partial charge in [0, 0.05) is 23.7 Å². The van der Waals surface area contributed by atoms with Crippen LogP contribution < -0.4 is 31.3 Å². The van der Waals surface area contributed by atoms with E-state index >= 15 is 0 Å². The summed E-state index contributed by atoms with van der Waals surface area (Å²) in [5, 5.41) is 15.7. The minimum absolute atomic E-state index is 0.0102. The molecule has 2 saturated heterocycles. The molecule has 1 aromatic carbocycles. The van der Waals surface area contributed by atoms with E-state index in [4.69, 9.17) is 16.3 Å². The molecule has 1 aromatic rings. The molecule has 6 rings (SSSR count). The van der Waals surface area contributed by atoms with E-state index in [0.717, 1.165) is 25.7 Å². The predicted octanol–water partition coefficient (Wildman–Crippen LogP) is 0.998. The van der Waals surface area contributed by atoms with Crippen molar-refractivity contribution in [3.8, 4) is 5.75 Å². The van der Waals surface area contributed by atoms with Gasteiger partial charge in [0.2, 0.25) is 5.91 Å². The molecule has 0 radical (unpaired) electrons. The molecular weight excluding hydrogens is 413 g/mol. The second-order valence-electron chi connectivity index (χ2n) is 8.93. The van der Waals surface area contributed by atoms with Crippen LogP contribution in [0.25, 0.3) is 0 Å². The van der Waals surface area contributed by atoms with Gasteiger partial charge >= 0.3 is 6.03 Å². The second-order valence-corrected chi connectivity index (χ2v) is 9.34. The van der Waals surface area contributed by atoms with Crippen molar-refractivity contribution in [2.24, 2.45) is 0 Å². The molecule has 3 amide bonds. The van der Waals surface area contributed by atoms with Gasteiger partial charge in [-0.15, -0.1) is 0 Å². The van der Waals surface area contributed by atoms with Gasteiger partial charge in [0.1, 0.15) is 24.3 Å². The number of hydrogen-bond donors (Lipinski definition) is 5. The molecule has 0 spiro atoms. The molecule has 5 aliphatic rings. The van der Waals surface area contributed by atoms with Crippen LogP contribution in [0, 0.1) is 5.82 Å². The quantitative estimate of drug-likeness (QED) is 0.409. The van der Waals surface area contributed by atoms with E-state index in [1.807, 2.05) is 0 Å². The average Bonchev–Trinajstić information content (AvgIpc) is 3.03. The Morgan fingerprint density at radius 3 is 2.80 bits per heavy atom. The number of ether oxygens (including phenoxy) is 1. The molecule has 5 fully saturated rings. The maximum Gasteiger partial charge on any atom is 0.316 e. The smallest absolute Gasteiger partial charge is 0.316 e. The van der Waals surface area contributed by atoms with Gasteiger partial charge in [-0.2, -0.15) is 0 Å². The van der Waals surface area contributed by atoms with Gasteiger partial charge < -0.3 is 26.0 Å². The lowest BCUT2D eigenvalue weighted by atomic mass is 9.44. The molecule has 8 nitrogen and oxygen atoms in total. The highest BCUT2D eigenvalue weighted by Gasteiger charge is 2.68. The van der Waals surface area contributed by atoms with Crippen molar-refractivity contribution in [1.29, 1.82) is 0 Å². The largest absolute Gasteiger partial charge is 0.492 e. The van der Waals surface area contributed by atoms with Crippen molar-refractivity contribution < 1.29 is 18.7 Å². The average molecular weight is 438 g/mol. The highest BCUT2D eigenvalue weighted by molar-refractivity contribution is 6.30. The number of carbonyl (C=O) groups excluding carboxylic acids is 2.